The number of carbonyl (C=O) groups is 3. The van der Waals surface area contributed by atoms with Gasteiger partial charge in [-0.25, -0.2) is 4.79 Å². The second kappa shape index (κ2) is 7.60. The van der Waals surface area contributed by atoms with E-state index in [1.54, 1.807) is 4.90 Å². The Labute approximate surface area is 111 Å². The number of esters is 1. The van der Waals surface area contributed by atoms with Gasteiger partial charge in [0.1, 0.15) is 6.54 Å². The van der Waals surface area contributed by atoms with Crippen LogP contribution in [0.3, 0.4) is 0 Å². The summed E-state index contributed by atoms with van der Waals surface area (Å²) in [5.74, 6) is -1.37. The lowest BCUT2D eigenvalue weighted by Crippen LogP contribution is -2.49. The van der Waals surface area contributed by atoms with Gasteiger partial charge in [0.25, 0.3) is 0 Å². The zero-order chi connectivity index (χ0) is 14.3. The number of ether oxygens (including phenoxy) is 1. The number of urea groups is 1. The van der Waals surface area contributed by atoms with E-state index in [-0.39, 0.29) is 25.0 Å². The third kappa shape index (κ3) is 5.15. The van der Waals surface area contributed by atoms with Gasteiger partial charge in [-0.1, -0.05) is 0 Å². The van der Waals surface area contributed by atoms with Crippen molar-refractivity contribution in [2.45, 2.75) is 38.1 Å². The number of carboxylic acids is 1. The lowest BCUT2D eigenvalue weighted by atomic mass is 9.98. The number of hydrogen-bond acceptors (Lipinski definition) is 4. The van der Waals surface area contributed by atoms with E-state index in [0.29, 0.717) is 13.0 Å². The van der Waals surface area contributed by atoms with E-state index in [9.17, 15) is 14.4 Å². The van der Waals surface area contributed by atoms with Crippen LogP contribution in [-0.2, 0) is 14.3 Å². The molecule has 0 aromatic heterocycles. The number of amides is 2. The Hall–Kier alpha value is -1.79. The third-order valence-corrected chi connectivity index (χ3v) is 3.19. The molecule has 0 saturated carbocycles. The Kier molecular flexibility index (Phi) is 6.11. The molecule has 1 fully saturated rings. The number of carboxylic acid groups (broad SMARTS) is 1. The summed E-state index contributed by atoms with van der Waals surface area (Å²) in [4.78, 5) is 35.1. The number of likely N-dealkylation sites (tertiary alicyclic amines) is 1. The van der Waals surface area contributed by atoms with Gasteiger partial charge in [-0.15, -0.1) is 0 Å². The SMILES string of the molecule is COC(=O)CNC(=O)N1CCCCC1CCC(=O)O. The number of aliphatic carboxylic acids is 1. The van der Waals surface area contributed by atoms with Gasteiger partial charge >= 0.3 is 18.0 Å². The minimum Gasteiger partial charge on any atom is -0.481 e. The Morgan fingerprint density at radius 2 is 2.11 bits per heavy atom. The first kappa shape index (κ1) is 15.3. The van der Waals surface area contributed by atoms with E-state index in [4.69, 9.17) is 5.11 Å². The highest BCUT2D eigenvalue weighted by atomic mass is 16.5. The van der Waals surface area contributed by atoms with Crippen LogP contribution in [-0.4, -0.2) is 54.2 Å². The first-order chi connectivity index (χ1) is 9.04. The summed E-state index contributed by atoms with van der Waals surface area (Å²) in [6, 6.07) is -0.400. The number of carbonyl (C=O) groups excluding carboxylic acids is 2. The molecule has 2 amide bonds. The number of nitrogens with zero attached hydrogens (tertiary/aromatic N) is 1. The summed E-state index contributed by atoms with van der Waals surface area (Å²) in [6.07, 6.45) is 3.19. The molecular weight excluding hydrogens is 252 g/mol. The van der Waals surface area contributed by atoms with Crippen LogP contribution in [0.15, 0.2) is 0 Å². The van der Waals surface area contributed by atoms with Crippen molar-refractivity contribution >= 4 is 18.0 Å². The molecule has 1 aliphatic rings. The highest BCUT2D eigenvalue weighted by Crippen LogP contribution is 2.20. The summed E-state index contributed by atoms with van der Waals surface area (Å²) in [5, 5.41) is 11.2. The van der Waals surface area contributed by atoms with Crippen molar-refractivity contribution in [1.29, 1.82) is 0 Å². The van der Waals surface area contributed by atoms with Gasteiger partial charge in [0.2, 0.25) is 0 Å². The highest BCUT2D eigenvalue weighted by Gasteiger charge is 2.27. The van der Waals surface area contributed by atoms with Gasteiger partial charge in [0, 0.05) is 19.0 Å². The number of piperidine rings is 1. The molecule has 108 valence electrons. The number of hydrogen-bond donors (Lipinski definition) is 2. The molecule has 1 unspecified atom stereocenters. The van der Waals surface area contributed by atoms with E-state index in [0.717, 1.165) is 19.3 Å². The van der Waals surface area contributed by atoms with E-state index < -0.39 is 11.9 Å². The van der Waals surface area contributed by atoms with Crippen LogP contribution in [0.1, 0.15) is 32.1 Å². The summed E-state index contributed by atoms with van der Waals surface area (Å²) in [5.41, 5.74) is 0. The molecule has 1 aliphatic heterocycles. The first-order valence-electron chi connectivity index (χ1n) is 6.37. The minimum atomic E-state index is -0.861. The molecule has 7 heteroatoms. The molecule has 1 rings (SSSR count). The summed E-state index contributed by atoms with van der Waals surface area (Å²) < 4.78 is 4.44. The molecule has 1 atom stereocenters. The Morgan fingerprint density at radius 1 is 1.37 bits per heavy atom. The van der Waals surface area contributed by atoms with Gasteiger partial charge in [0.05, 0.1) is 7.11 Å². The molecule has 0 aliphatic carbocycles. The van der Waals surface area contributed by atoms with Crippen LogP contribution in [0, 0.1) is 0 Å². The van der Waals surface area contributed by atoms with Crippen LogP contribution in [0.5, 0.6) is 0 Å². The summed E-state index contributed by atoms with van der Waals surface area (Å²) in [7, 11) is 1.26. The first-order valence-corrected chi connectivity index (χ1v) is 6.37. The van der Waals surface area contributed by atoms with Gasteiger partial charge in [0.15, 0.2) is 0 Å². The molecule has 7 nitrogen and oxygen atoms in total. The topological polar surface area (TPSA) is 95.9 Å². The number of nitrogens with one attached hydrogen (secondary N) is 1. The van der Waals surface area contributed by atoms with Crippen LogP contribution in [0.4, 0.5) is 4.79 Å². The van der Waals surface area contributed by atoms with Crippen molar-refractivity contribution in [3.05, 3.63) is 0 Å². The van der Waals surface area contributed by atoms with Crippen molar-refractivity contribution in [1.82, 2.24) is 10.2 Å². The molecule has 0 bridgehead atoms. The second-order valence-corrected chi connectivity index (χ2v) is 4.51. The van der Waals surface area contributed by atoms with Crippen LogP contribution < -0.4 is 5.32 Å². The summed E-state index contributed by atoms with van der Waals surface area (Å²) in [6.45, 7) is 0.425. The van der Waals surface area contributed by atoms with E-state index in [2.05, 4.69) is 10.1 Å². The third-order valence-electron chi connectivity index (χ3n) is 3.19. The lowest BCUT2D eigenvalue weighted by Gasteiger charge is -2.35. The molecule has 0 radical (unpaired) electrons. The van der Waals surface area contributed by atoms with Crippen molar-refractivity contribution < 1.29 is 24.2 Å². The largest absolute Gasteiger partial charge is 0.481 e. The van der Waals surface area contributed by atoms with E-state index in [1.807, 2.05) is 0 Å². The van der Waals surface area contributed by atoms with Crippen molar-refractivity contribution in [3.8, 4) is 0 Å². The quantitative estimate of drug-likeness (QED) is 0.714. The van der Waals surface area contributed by atoms with Gasteiger partial charge in [-0.2, -0.15) is 0 Å². The van der Waals surface area contributed by atoms with E-state index >= 15 is 0 Å². The van der Waals surface area contributed by atoms with Gasteiger partial charge in [-0.05, 0) is 25.7 Å². The number of methoxy groups -OCH3 is 1. The van der Waals surface area contributed by atoms with Gasteiger partial charge in [-0.3, -0.25) is 9.59 Å². The Bertz CT molecular complexity index is 345. The maximum atomic E-state index is 11.9. The molecule has 1 heterocycles. The lowest BCUT2D eigenvalue weighted by molar-refractivity contribution is -0.139. The van der Waals surface area contributed by atoms with Crippen LogP contribution >= 0.6 is 0 Å². The zero-order valence-electron chi connectivity index (χ0n) is 11.1. The second-order valence-electron chi connectivity index (χ2n) is 4.51. The molecule has 19 heavy (non-hydrogen) atoms. The standard InChI is InChI=1S/C12H20N2O5/c1-19-11(17)8-13-12(18)14-7-3-2-4-9(14)5-6-10(15)16/h9H,2-8H2,1H3,(H,13,18)(H,15,16). The average Bonchev–Trinajstić information content (AvgIpc) is 2.42. The average molecular weight is 272 g/mol. The minimum absolute atomic E-state index is 0.0471. The molecule has 1 saturated heterocycles. The molecule has 0 aromatic carbocycles. The van der Waals surface area contributed by atoms with Crippen molar-refractivity contribution in [2.24, 2.45) is 0 Å². The normalized spacial score (nSPS) is 18.8. The monoisotopic (exact) mass is 272 g/mol. The van der Waals surface area contributed by atoms with Gasteiger partial charge < -0.3 is 20.1 Å². The highest BCUT2D eigenvalue weighted by molar-refractivity contribution is 5.81. The Balaban J connectivity index is 2.48. The fourth-order valence-corrected chi connectivity index (χ4v) is 2.18. The van der Waals surface area contributed by atoms with Crippen LogP contribution in [0.2, 0.25) is 0 Å². The maximum Gasteiger partial charge on any atom is 0.325 e. The molecule has 0 spiro atoms. The smallest absolute Gasteiger partial charge is 0.325 e. The zero-order valence-corrected chi connectivity index (χ0v) is 11.1. The fraction of sp³-hybridized carbons (Fsp3) is 0.750. The summed E-state index contributed by atoms with van der Waals surface area (Å²) >= 11 is 0. The van der Waals surface area contributed by atoms with E-state index in [1.165, 1.54) is 7.11 Å². The molecule has 0 aromatic rings. The Morgan fingerprint density at radius 3 is 2.74 bits per heavy atom. The number of rotatable bonds is 5. The molecular formula is C12H20N2O5. The fourth-order valence-electron chi connectivity index (χ4n) is 2.18. The van der Waals surface area contributed by atoms with Crippen molar-refractivity contribution in [2.75, 3.05) is 20.2 Å². The van der Waals surface area contributed by atoms with Crippen molar-refractivity contribution in [3.63, 3.8) is 0 Å². The predicted molar refractivity (Wildman–Crippen MR) is 66.6 cm³/mol. The molecule has 2 N–H and O–H groups in total. The maximum absolute atomic E-state index is 11.9. The predicted octanol–water partition coefficient (Wildman–Crippen LogP) is 0.588. The van der Waals surface area contributed by atoms with Crippen LogP contribution in [0.25, 0.3) is 0 Å².